The Morgan fingerprint density at radius 1 is 0.812 bits per heavy atom. The quantitative estimate of drug-likeness (QED) is 0.765. The van der Waals surface area contributed by atoms with E-state index in [0.717, 1.165) is 22.6 Å². The maximum absolute atomic E-state index is 5.32. The van der Waals surface area contributed by atoms with Crippen LogP contribution in [0.3, 0.4) is 0 Å². The van der Waals surface area contributed by atoms with Crippen LogP contribution in [0, 0.1) is 0 Å². The van der Waals surface area contributed by atoms with Crippen molar-refractivity contribution in [2.75, 3.05) is 14.2 Å². The van der Waals surface area contributed by atoms with Crippen LogP contribution in [0.5, 0.6) is 11.5 Å². The molecule has 86 valence electrons. The van der Waals surface area contributed by atoms with Crippen molar-refractivity contribution in [3.8, 4) is 11.5 Å². The van der Waals surface area contributed by atoms with Crippen LogP contribution in [0.2, 0.25) is 0 Å². The minimum Gasteiger partial charge on any atom is -0.496 e. The second-order valence-corrected chi connectivity index (χ2v) is 3.34. The van der Waals surface area contributed by atoms with E-state index in [1.807, 2.05) is 44.2 Å². The van der Waals surface area contributed by atoms with Crippen LogP contribution in [-0.2, 0) is 0 Å². The van der Waals surface area contributed by atoms with Gasteiger partial charge in [0.1, 0.15) is 11.5 Å². The molecule has 0 amide bonds. The van der Waals surface area contributed by atoms with Crippen LogP contribution in [0.15, 0.2) is 24.3 Å². The summed E-state index contributed by atoms with van der Waals surface area (Å²) in [6.45, 7) is 3.97. The van der Waals surface area contributed by atoms with Crippen LogP contribution in [0.25, 0.3) is 12.2 Å². The predicted molar refractivity (Wildman–Crippen MR) is 69.0 cm³/mol. The average Bonchev–Trinajstić information content (AvgIpc) is 2.30. The number of hydrogen-bond acceptors (Lipinski definition) is 2. The molecule has 0 aromatic heterocycles. The lowest BCUT2D eigenvalue weighted by atomic mass is 10.1. The second kappa shape index (κ2) is 6.01. The molecular formula is C14H18O2. The molecule has 0 spiro atoms. The summed E-state index contributed by atoms with van der Waals surface area (Å²) < 4.78 is 10.6. The van der Waals surface area contributed by atoms with E-state index in [1.165, 1.54) is 0 Å². The summed E-state index contributed by atoms with van der Waals surface area (Å²) in [7, 11) is 3.33. The number of benzene rings is 1. The third-order valence-electron chi connectivity index (χ3n) is 2.27. The zero-order valence-corrected chi connectivity index (χ0v) is 10.3. The Bertz CT molecular complexity index is 368. The van der Waals surface area contributed by atoms with Gasteiger partial charge in [-0.2, -0.15) is 0 Å². The number of allylic oxidation sites excluding steroid dienone is 2. The summed E-state index contributed by atoms with van der Waals surface area (Å²) in [6, 6.07) is 3.96. The third kappa shape index (κ3) is 2.66. The summed E-state index contributed by atoms with van der Waals surface area (Å²) in [5.74, 6) is 1.64. The Kier molecular flexibility index (Phi) is 4.65. The van der Waals surface area contributed by atoms with Crippen molar-refractivity contribution in [1.82, 2.24) is 0 Å². The molecular weight excluding hydrogens is 200 g/mol. The third-order valence-corrected chi connectivity index (χ3v) is 2.27. The summed E-state index contributed by atoms with van der Waals surface area (Å²) in [5.41, 5.74) is 2.11. The summed E-state index contributed by atoms with van der Waals surface area (Å²) in [5, 5.41) is 0. The van der Waals surface area contributed by atoms with Gasteiger partial charge >= 0.3 is 0 Å². The van der Waals surface area contributed by atoms with Gasteiger partial charge in [-0.3, -0.25) is 0 Å². The van der Waals surface area contributed by atoms with Gasteiger partial charge in [0.2, 0.25) is 0 Å². The molecule has 2 nitrogen and oxygen atoms in total. The molecule has 2 heteroatoms. The standard InChI is InChI=1S/C14H18O2/c1-5-7-11-9-12(8-6-2)14(16-4)10-13(11)15-3/h5-10H,1-4H3/b7-5+,8-6+. The van der Waals surface area contributed by atoms with Gasteiger partial charge in [0, 0.05) is 17.2 Å². The fraction of sp³-hybridized carbons (Fsp3) is 0.286. The summed E-state index contributed by atoms with van der Waals surface area (Å²) >= 11 is 0. The zero-order chi connectivity index (χ0) is 12.0. The Morgan fingerprint density at radius 3 is 1.56 bits per heavy atom. The van der Waals surface area contributed by atoms with Crippen molar-refractivity contribution in [3.05, 3.63) is 35.4 Å². The molecule has 1 rings (SSSR count). The monoisotopic (exact) mass is 218 g/mol. The first-order valence-electron chi connectivity index (χ1n) is 5.28. The molecule has 0 aliphatic heterocycles. The summed E-state index contributed by atoms with van der Waals surface area (Å²) in [6.07, 6.45) is 8.02. The highest BCUT2D eigenvalue weighted by atomic mass is 16.5. The Hall–Kier alpha value is -1.70. The van der Waals surface area contributed by atoms with Crippen LogP contribution in [0.4, 0.5) is 0 Å². The van der Waals surface area contributed by atoms with Gasteiger partial charge in [-0.05, 0) is 19.9 Å². The topological polar surface area (TPSA) is 18.5 Å². The van der Waals surface area contributed by atoms with Crippen molar-refractivity contribution in [1.29, 1.82) is 0 Å². The molecule has 0 N–H and O–H groups in total. The lowest BCUT2D eigenvalue weighted by Crippen LogP contribution is -1.92. The second-order valence-electron chi connectivity index (χ2n) is 3.34. The van der Waals surface area contributed by atoms with Gasteiger partial charge in [0.25, 0.3) is 0 Å². The zero-order valence-electron chi connectivity index (χ0n) is 10.3. The lowest BCUT2D eigenvalue weighted by molar-refractivity contribution is 0.393. The van der Waals surface area contributed by atoms with Crippen LogP contribution in [0.1, 0.15) is 25.0 Å². The van der Waals surface area contributed by atoms with E-state index in [4.69, 9.17) is 9.47 Å². The van der Waals surface area contributed by atoms with Gasteiger partial charge in [0.05, 0.1) is 14.2 Å². The number of methoxy groups -OCH3 is 2. The first-order chi connectivity index (χ1) is 7.76. The van der Waals surface area contributed by atoms with Crippen molar-refractivity contribution in [2.45, 2.75) is 13.8 Å². The molecule has 0 aliphatic rings. The molecule has 16 heavy (non-hydrogen) atoms. The van der Waals surface area contributed by atoms with Gasteiger partial charge in [0.15, 0.2) is 0 Å². The number of rotatable bonds is 4. The molecule has 0 aliphatic carbocycles. The van der Waals surface area contributed by atoms with E-state index in [9.17, 15) is 0 Å². The van der Waals surface area contributed by atoms with Crippen molar-refractivity contribution in [3.63, 3.8) is 0 Å². The molecule has 1 aromatic carbocycles. The Balaban J connectivity index is 3.34. The van der Waals surface area contributed by atoms with E-state index >= 15 is 0 Å². The molecule has 0 saturated carbocycles. The van der Waals surface area contributed by atoms with Gasteiger partial charge in [-0.15, -0.1) is 0 Å². The number of ether oxygens (including phenoxy) is 2. The molecule has 0 unspecified atom stereocenters. The Morgan fingerprint density at radius 2 is 1.25 bits per heavy atom. The summed E-state index contributed by atoms with van der Waals surface area (Å²) in [4.78, 5) is 0. The fourth-order valence-electron chi connectivity index (χ4n) is 1.57. The highest BCUT2D eigenvalue weighted by Crippen LogP contribution is 2.30. The average molecular weight is 218 g/mol. The van der Waals surface area contributed by atoms with Gasteiger partial charge in [-0.1, -0.05) is 24.3 Å². The predicted octanol–water partition coefficient (Wildman–Crippen LogP) is 3.77. The molecule has 0 atom stereocenters. The van der Waals surface area contributed by atoms with E-state index < -0.39 is 0 Å². The van der Waals surface area contributed by atoms with Crippen molar-refractivity contribution in [2.24, 2.45) is 0 Å². The van der Waals surface area contributed by atoms with Gasteiger partial charge < -0.3 is 9.47 Å². The highest BCUT2D eigenvalue weighted by Gasteiger charge is 2.06. The van der Waals surface area contributed by atoms with E-state index in [1.54, 1.807) is 14.2 Å². The van der Waals surface area contributed by atoms with Gasteiger partial charge in [-0.25, -0.2) is 0 Å². The molecule has 0 saturated heterocycles. The molecule has 0 radical (unpaired) electrons. The van der Waals surface area contributed by atoms with E-state index in [0.29, 0.717) is 0 Å². The van der Waals surface area contributed by atoms with Crippen molar-refractivity contribution < 1.29 is 9.47 Å². The molecule has 1 aromatic rings. The largest absolute Gasteiger partial charge is 0.496 e. The molecule has 0 heterocycles. The maximum Gasteiger partial charge on any atom is 0.129 e. The minimum atomic E-state index is 0.822. The normalized spacial score (nSPS) is 11.2. The maximum atomic E-state index is 5.32. The van der Waals surface area contributed by atoms with E-state index in [-0.39, 0.29) is 0 Å². The fourth-order valence-corrected chi connectivity index (χ4v) is 1.57. The first-order valence-corrected chi connectivity index (χ1v) is 5.28. The SMILES string of the molecule is C/C=C/c1cc(/C=C/C)c(OC)cc1OC. The first kappa shape index (κ1) is 12.4. The van der Waals surface area contributed by atoms with E-state index in [2.05, 4.69) is 6.07 Å². The number of hydrogen-bond donors (Lipinski definition) is 0. The van der Waals surface area contributed by atoms with Crippen LogP contribution < -0.4 is 9.47 Å². The Labute approximate surface area is 97.2 Å². The van der Waals surface area contributed by atoms with Crippen LogP contribution in [-0.4, -0.2) is 14.2 Å². The highest BCUT2D eigenvalue weighted by molar-refractivity contribution is 5.68. The van der Waals surface area contributed by atoms with Crippen molar-refractivity contribution >= 4 is 12.2 Å². The lowest BCUT2D eigenvalue weighted by Gasteiger charge is -2.11. The molecule has 0 bridgehead atoms. The van der Waals surface area contributed by atoms with Crippen LogP contribution >= 0.6 is 0 Å². The smallest absolute Gasteiger partial charge is 0.129 e. The minimum absolute atomic E-state index is 0.822. The molecule has 0 fully saturated rings.